The van der Waals surface area contributed by atoms with Gasteiger partial charge in [0.2, 0.25) is 0 Å². The molecular formula is C33H35N3O7S. The average Bonchev–Trinajstić information content (AvgIpc) is 3.79. The molecule has 44 heavy (non-hydrogen) atoms. The SMILES string of the molecule is COC(=O)C1(N(C(=O)c2ccco2)c2cccc(N)c2)CCN(CC(C(=O)OCc2ccc(OC)cc2)c2cccs2)CC1. The van der Waals surface area contributed by atoms with E-state index >= 15 is 0 Å². The summed E-state index contributed by atoms with van der Waals surface area (Å²) in [6.07, 6.45) is 1.94. The molecule has 2 aromatic carbocycles. The van der Waals surface area contributed by atoms with Gasteiger partial charge < -0.3 is 29.3 Å². The summed E-state index contributed by atoms with van der Waals surface area (Å²) in [5.74, 6) is -1.04. The highest BCUT2D eigenvalue weighted by atomic mass is 32.1. The maximum absolute atomic E-state index is 13.9. The third kappa shape index (κ3) is 6.63. The summed E-state index contributed by atoms with van der Waals surface area (Å²) in [5, 5.41) is 1.93. The van der Waals surface area contributed by atoms with Crippen molar-refractivity contribution in [2.45, 2.75) is 30.9 Å². The summed E-state index contributed by atoms with van der Waals surface area (Å²) in [6, 6.07) is 21.2. The number of carbonyl (C=O) groups is 3. The number of esters is 2. The van der Waals surface area contributed by atoms with Crippen LogP contribution < -0.4 is 15.4 Å². The lowest BCUT2D eigenvalue weighted by Crippen LogP contribution is -2.63. The summed E-state index contributed by atoms with van der Waals surface area (Å²) in [7, 11) is 2.92. The van der Waals surface area contributed by atoms with Crippen molar-refractivity contribution in [3.8, 4) is 5.75 Å². The fourth-order valence-corrected chi connectivity index (χ4v) is 6.36. The molecule has 1 amide bonds. The second-order valence-corrected chi connectivity index (χ2v) is 11.5. The lowest BCUT2D eigenvalue weighted by molar-refractivity contribution is -0.150. The van der Waals surface area contributed by atoms with Crippen LogP contribution in [-0.2, 0) is 25.7 Å². The molecule has 2 N–H and O–H groups in total. The van der Waals surface area contributed by atoms with E-state index < -0.39 is 23.3 Å². The number of thiophene rings is 1. The molecule has 1 saturated heterocycles. The van der Waals surface area contributed by atoms with Crippen molar-refractivity contribution in [2.24, 2.45) is 0 Å². The Labute approximate surface area is 259 Å². The van der Waals surface area contributed by atoms with Gasteiger partial charge in [-0.15, -0.1) is 11.3 Å². The Hall–Kier alpha value is -4.61. The molecule has 5 rings (SSSR count). The van der Waals surface area contributed by atoms with Gasteiger partial charge in [0.25, 0.3) is 5.91 Å². The number of hydrogen-bond donors (Lipinski definition) is 1. The zero-order valence-corrected chi connectivity index (χ0v) is 25.5. The summed E-state index contributed by atoms with van der Waals surface area (Å²) in [6.45, 7) is 1.38. The number of amides is 1. The number of rotatable bonds is 11. The predicted molar refractivity (Wildman–Crippen MR) is 167 cm³/mol. The lowest BCUT2D eigenvalue weighted by atomic mass is 9.84. The van der Waals surface area contributed by atoms with Crippen LogP contribution in [0.1, 0.15) is 39.8 Å². The summed E-state index contributed by atoms with van der Waals surface area (Å²) >= 11 is 1.50. The Bertz CT molecular complexity index is 1550. The van der Waals surface area contributed by atoms with E-state index in [2.05, 4.69) is 4.90 Å². The molecule has 1 fully saturated rings. The van der Waals surface area contributed by atoms with Crippen molar-refractivity contribution >= 4 is 40.6 Å². The smallest absolute Gasteiger partial charge is 0.332 e. The number of hydrogen-bond acceptors (Lipinski definition) is 10. The minimum absolute atomic E-state index is 0.0931. The van der Waals surface area contributed by atoms with Gasteiger partial charge in [-0.1, -0.05) is 24.3 Å². The quantitative estimate of drug-likeness (QED) is 0.181. The van der Waals surface area contributed by atoms with Gasteiger partial charge in [0, 0.05) is 35.9 Å². The largest absolute Gasteiger partial charge is 0.497 e. The zero-order chi connectivity index (χ0) is 31.1. The minimum atomic E-state index is -1.32. The standard InChI is InChI=1S/C33H35N3O7S/c1-40-26-12-10-23(11-13-26)22-43-31(38)27(29-9-5-19-44-29)21-35-16-14-33(15-17-35,32(39)41-2)36(25-7-3-6-24(34)20-25)30(37)28-8-4-18-42-28/h3-13,18-20,27H,14-17,21-22,34H2,1-2H3. The second-order valence-electron chi connectivity index (χ2n) is 10.6. The first kappa shape index (κ1) is 30.8. The van der Waals surface area contributed by atoms with Gasteiger partial charge in [0.1, 0.15) is 23.8 Å². The maximum Gasteiger partial charge on any atom is 0.332 e. The van der Waals surface area contributed by atoms with E-state index in [0.29, 0.717) is 31.0 Å². The van der Waals surface area contributed by atoms with Crippen molar-refractivity contribution in [2.75, 3.05) is 44.5 Å². The summed E-state index contributed by atoms with van der Waals surface area (Å²) in [4.78, 5) is 45.3. The molecule has 0 spiro atoms. The van der Waals surface area contributed by atoms with Crippen LogP contribution >= 0.6 is 11.3 Å². The molecule has 0 aliphatic carbocycles. The van der Waals surface area contributed by atoms with Crippen LogP contribution in [-0.4, -0.2) is 62.1 Å². The number of furan rings is 1. The van der Waals surface area contributed by atoms with Gasteiger partial charge in [-0.2, -0.15) is 0 Å². The van der Waals surface area contributed by atoms with E-state index in [-0.39, 0.29) is 31.2 Å². The number of nitrogen functional groups attached to an aromatic ring is 1. The van der Waals surface area contributed by atoms with Gasteiger partial charge in [-0.25, -0.2) is 4.79 Å². The van der Waals surface area contributed by atoms with Crippen LogP contribution in [0.5, 0.6) is 5.75 Å². The lowest BCUT2D eigenvalue weighted by Gasteiger charge is -2.46. The first-order valence-electron chi connectivity index (χ1n) is 14.2. The molecule has 1 unspecified atom stereocenters. The molecule has 3 heterocycles. The number of piperidine rings is 1. The number of benzene rings is 2. The van der Waals surface area contributed by atoms with E-state index in [1.165, 1.54) is 29.6 Å². The van der Waals surface area contributed by atoms with Crippen molar-refractivity contribution in [3.05, 3.63) is 101 Å². The molecule has 2 aromatic heterocycles. The third-order valence-electron chi connectivity index (χ3n) is 7.89. The van der Waals surface area contributed by atoms with E-state index in [4.69, 9.17) is 24.4 Å². The van der Waals surface area contributed by atoms with Gasteiger partial charge >= 0.3 is 11.9 Å². The predicted octanol–water partition coefficient (Wildman–Crippen LogP) is 5.11. The molecule has 10 nitrogen and oxygen atoms in total. The monoisotopic (exact) mass is 617 g/mol. The van der Waals surface area contributed by atoms with Crippen LogP contribution in [0.4, 0.5) is 11.4 Å². The van der Waals surface area contributed by atoms with Crippen LogP contribution in [0.2, 0.25) is 0 Å². The van der Waals surface area contributed by atoms with Crippen molar-refractivity contribution in [1.82, 2.24) is 4.90 Å². The van der Waals surface area contributed by atoms with Gasteiger partial charge in [0.15, 0.2) is 5.76 Å². The van der Waals surface area contributed by atoms with E-state index in [1.54, 1.807) is 43.5 Å². The van der Waals surface area contributed by atoms with E-state index in [9.17, 15) is 14.4 Å². The molecular weight excluding hydrogens is 582 g/mol. The van der Waals surface area contributed by atoms with Gasteiger partial charge in [0.05, 0.1) is 20.5 Å². The Kier molecular flexibility index (Phi) is 9.66. The molecule has 4 aromatic rings. The molecule has 1 atom stereocenters. The highest BCUT2D eigenvalue weighted by Crippen LogP contribution is 2.38. The topological polar surface area (TPSA) is 125 Å². The maximum atomic E-state index is 13.9. The van der Waals surface area contributed by atoms with Crippen molar-refractivity contribution < 1.29 is 33.0 Å². The number of methoxy groups -OCH3 is 2. The Morgan fingerprint density at radius 3 is 2.41 bits per heavy atom. The Morgan fingerprint density at radius 2 is 1.80 bits per heavy atom. The fraction of sp³-hybridized carbons (Fsp3) is 0.303. The number of nitrogens with two attached hydrogens (primary N) is 1. The van der Waals surface area contributed by atoms with Gasteiger partial charge in [-0.05, 0) is 72.3 Å². The summed E-state index contributed by atoms with van der Waals surface area (Å²) in [5.41, 5.74) is 6.53. The molecule has 1 aliphatic rings. The van der Waals surface area contributed by atoms with Crippen LogP contribution in [0, 0.1) is 0 Å². The molecule has 0 bridgehead atoms. The number of ether oxygens (including phenoxy) is 3. The molecule has 0 radical (unpaired) electrons. The summed E-state index contributed by atoms with van der Waals surface area (Å²) < 4.78 is 21.7. The molecule has 230 valence electrons. The molecule has 11 heteroatoms. The highest BCUT2D eigenvalue weighted by Gasteiger charge is 2.51. The van der Waals surface area contributed by atoms with Crippen LogP contribution in [0.25, 0.3) is 0 Å². The van der Waals surface area contributed by atoms with Crippen LogP contribution in [0.3, 0.4) is 0 Å². The number of anilines is 2. The Morgan fingerprint density at radius 1 is 1.02 bits per heavy atom. The Balaban J connectivity index is 1.36. The third-order valence-corrected chi connectivity index (χ3v) is 8.88. The number of likely N-dealkylation sites (tertiary alicyclic amines) is 1. The van der Waals surface area contributed by atoms with Crippen molar-refractivity contribution in [1.29, 1.82) is 0 Å². The first-order chi connectivity index (χ1) is 21.3. The fourth-order valence-electron chi connectivity index (χ4n) is 5.55. The minimum Gasteiger partial charge on any atom is -0.497 e. The molecule has 1 aliphatic heterocycles. The van der Waals surface area contributed by atoms with E-state index in [0.717, 1.165) is 16.2 Å². The highest BCUT2D eigenvalue weighted by molar-refractivity contribution is 7.10. The average molecular weight is 618 g/mol. The van der Waals surface area contributed by atoms with E-state index in [1.807, 2.05) is 41.8 Å². The normalized spacial score (nSPS) is 15.2. The first-order valence-corrected chi connectivity index (χ1v) is 15.1. The number of nitrogens with zero attached hydrogens (tertiary/aromatic N) is 2. The molecule has 0 saturated carbocycles. The number of carbonyl (C=O) groups excluding carboxylic acids is 3. The second kappa shape index (κ2) is 13.8. The zero-order valence-electron chi connectivity index (χ0n) is 24.6. The van der Waals surface area contributed by atoms with Crippen LogP contribution in [0.15, 0.2) is 88.9 Å². The van der Waals surface area contributed by atoms with Gasteiger partial charge in [-0.3, -0.25) is 14.5 Å². The van der Waals surface area contributed by atoms with Crippen molar-refractivity contribution in [3.63, 3.8) is 0 Å².